The zero-order valence-corrected chi connectivity index (χ0v) is 32.0. The van der Waals surface area contributed by atoms with Crippen LogP contribution in [0.3, 0.4) is 0 Å². The van der Waals surface area contributed by atoms with Crippen LogP contribution in [0.4, 0.5) is 15.4 Å². The van der Waals surface area contributed by atoms with Crippen LogP contribution >= 0.6 is 19.3 Å². The molecule has 7 atom stereocenters. The van der Waals surface area contributed by atoms with Gasteiger partial charge in [-0.05, 0) is 31.9 Å². The molecule has 1 saturated carbocycles. The van der Waals surface area contributed by atoms with Gasteiger partial charge in [-0.1, -0.05) is 72.3 Å². The molecule has 2 aliphatic rings. The maximum atomic E-state index is 13.0. The van der Waals surface area contributed by atoms with Crippen molar-refractivity contribution in [1.29, 1.82) is 0 Å². The van der Waals surface area contributed by atoms with E-state index < -0.39 is 80.7 Å². The molecule has 1 aliphatic heterocycles. The zero-order chi connectivity index (χ0) is 39.9. The lowest BCUT2D eigenvalue weighted by Crippen LogP contribution is -2.45. The van der Waals surface area contributed by atoms with E-state index in [1.165, 1.54) is 19.6 Å². The van der Waals surface area contributed by atoms with Crippen LogP contribution in [0.1, 0.15) is 37.9 Å². The molecule has 1 aliphatic carbocycles. The largest absolute Gasteiger partial charge is 0.509 e. The Kier molecular flexibility index (Phi) is 13.2. The first-order chi connectivity index (χ1) is 26.9. The lowest BCUT2D eigenvalue weighted by atomic mass is 10.1. The summed E-state index contributed by atoms with van der Waals surface area (Å²) in [5.41, 5.74) is 0.560. The Bertz CT molecular complexity index is 2030. The normalized spacial score (nSPS) is 22.8. The predicted molar refractivity (Wildman–Crippen MR) is 195 cm³/mol. The zero-order valence-electron chi connectivity index (χ0n) is 30.4. The van der Waals surface area contributed by atoms with Gasteiger partial charge in [0.05, 0.1) is 25.6 Å². The fraction of sp³-hybridized carbons (Fsp3) is 0.429. The fourth-order valence-electron chi connectivity index (χ4n) is 6.21. The van der Waals surface area contributed by atoms with E-state index in [2.05, 4.69) is 25.4 Å². The monoisotopic (exact) mass is 818 g/mol. The average Bonchev–Trinajstić information content (AvgIpc) is 3.41. The minimum absolute atomic E-state index is 0.0204. The molecule has 300 valence electrons. The van der Waals surface area contributed by atoms with E-state index in [0.29, 0.717) is 0 Å². The van der Waals surface area contributed by atoms with Crippen LogP contribution in [0.25, 0.3) is 11.2 Å². The van der Waals surface area contributed by atoms with Crippen LogP contribution in [-0.4, -0.2) is 98.2 Å². The van der Waals surface area contributed by atoms with Crippen molar-refractivity contribution in [2.75, 3.05) is 24.8 Å². The van der Waals surface area contributed by atoms with Crippen LogP contribution < -0.4 is 10.4 Å². The number of carbonyl (C=O) groups is 3. The van der Waals surface area contributed by atoms with Crippen LogP contribution in [-0.2, 0) is 60.3 Å². The predicted octanol–water partition coefficient (Wildman–Crippen LogP) is 4.59. The number of ether oxygens (including phenoxy) is 7. The summed E-state index contributed by atoms with van der Waals surface area (Å²) >= 11 is 5.65. The van der Waals surface area contributed by atoms with Crippen molar-refractivity contribution in [2.24, 2.45) is 0 Å². The Morgan fingerprint density at radius 1 is 1.00 bits per heavy atom. The lowest BCUT2D eigenvalue weighted by Gasteiger charge is -2.29. The van der Waals surface area contributed by atoms with Gasteiger partial charge in [0.1, 0.15) is 44.0 Å². The minimum Gasteiger partial charge on any atom is -0.462 e. The number of nitrogens with zero attached hydrogens (tertiary/aromatic N) is 4. The van der Waals surface area contributed by atoms with E-state index in [1.54, 1.807) is 18.4 Å². The van der Waals surface area contributed by atoms with Crippen molar-refractivity contribution in [3.05, 3.63) is 84.4 Å². The van der Waals surface area contributed by atoms with E-state index in [-0.39, 0.29) is 37.0 Å². The van der Waals surface area contributed by atoms with Crippen molar-refractivity contribution >= 4 is 54.5 Å². The van der Waals surface area contributed by atoms with Crippen molar-refractivity contribution in [3.63, 3.8) is 0 Å². The van der Waals surface area contributed by atoms with Gasteiger partial charge in [-0.15, -0.1) is 0 Å². The van der Waals surface area contributed by atoms with E-state index in [1.807, 2.05) is 60.7 Å². The van der Waals surface area contributed by atoms with Crippen molar-refractivity contribution in [2.45, 2.75) is 76.1 Å². The highest BCUT2D eigenvalue weighted by Crippen LogP contribution is 2.63. The Hall–Kier alpha value is -4.72. The number of aromatic nitrogens is 4. The molecule has 2 aromatic carbocycles. The molecule has 2 fully saturated rings. The summed E-state index contributed by atoms with van der Waals surface area (Å²) in [6, 6.07) is 15.9. The topological polar surface area (TPSA) is 230 Å². The second-order valence-corrected chi connectivity index (χ2v) is 14.7. The molecule has 21 heteroatoms. The summed E-state index contributed by atoms with van der Waals surface area (Å²) in [6.07, 6.45) is -3.26. The van der Waals surface area contributed by atoms with E-state index in [9.17, 15) is 23.8 Å². The van der Waals surface area contributed by atoms with E-state index in [4.69, 9.17) is 49.3 Å². The van der Waals surface area contributed by atoms with Crippen molar-refractivity contribution < 1.29 is 61.5 Å². The average molecular weight is 819 g/mol. The lowest BCUT2D eigenvalue weighted by molar-refractivity contribution is -0.153. The van der Waals surface area contributed by atoms with Gasteiger partial charge in [-0.3, -0.25) is 14.6 Å². The van der Waals surface area contributed by atoms with Crippen molar-refractivity contribution in [1.82, 2.24) is 24.6 Å². The SMILES string of the molecule is CC(C)OC(=O)C(C)NP(=O)(O)OC[C@H]1OC2[C@@H](n3cnc4c(NC(=O)OCc5ccccc5)ncnc43)[C@@]2(OCOCc2ccccc2)C1OC(=O)OCCl. The molecule has 4 aromatic rings. The molecule has 3 N–H and O–H groups in total. The van der Waals surface area contributed by atoms with Crippen molar-refractivity contribution in [3.8, 4) is 0 Å². The summed E-state index contributed by atoms with van der Waals surface area (Å²) < 4.78 is 59.5. The Balaban J connectivity index is 1.24. The van der Waals surface area contributed by atoms with Crippen LogP contribution in [0.5, 0.6) is 0 Å². The molecule has 3 heterocycles. The van der Waals surface area contributed by atoms with Gasteiger partial charge in [0.2, 0.25) is 0 Å². The maximum absolute atomic E-state index is 13.0. The number of esters is 1. The first kappa shape index (κ1) is 40.9. The van der Waals surface area contributed by atoms with E-state index in [0.717, 1.165) is 11.1 Å². The van der Waals surface area contributed by atoms with Gasteiger partial charge in [0.25, 0.3) is 0 Å². The number of nitrogens with one attached hydrogen (secondary N) is 2. The summed E-state index contributed by atoms with van der Waals surface area (Å²) in [5, 5.41) is 4.82. The second-order valence-electron chi connectivity index (χ2n) is 12.9. The third-order valence-electron chi connectivity index (χ3n) is 8.66. The van der Waals surface area contributed by atoms with Gasteiger partial charge in [-0.2, -0.15) is 0 Å². The minimum atomic E-state index is -4.66. The number of halogens is 1. The number of anilines is 1. The number of alkyl halides is 1. The first-order valence-corrected chi connectivity index (χ1v) is 19.4. The number of carbonyl (C=O) groups excluding carboxylic acids is 3. The summed E-state index contributed by atoms with van der Waals surface area (Å²) in [7, 11) is -4.66. The summed E-state index contributed by atoms with van der Waals surface area (Å²) in [5.74, 6) is -0.715. The molecular formula is C35H40ClN6O13P. The maximum Gasteiger partial charge on any atom is 0.509 e. The number of imidazole rings is 1. The fourth-order valence-corrected chi connectivity index (χ4v) is 7.32. The van der Waals surface area contributed by atoms with E-state index >= 15 is 0 Å². The quantitative estimate of drug-likeness (QED) is 0.0311. The summed E-state index contributed by atoms with van der Waals surface area (Å²) in [6.45, 7) is 3.86. The number of fused-ring (bicyclic) bond motifs is 2. The van der Waals surface area contributed by atoms with Gasteiger partial charge < -0.3 is 42.6 Å². The molecule has 1 amide bonds. The Labute approximate surface area is 325 Å². The van der Waals surface area contributed by atoms with Gasteiger partial charge in [-0.25, -0.2) is 34.2 Å². The van der Waals surface area contributed by atoms with Gasteiger partial charge in [0.15, 0.2) is 34.8 Å². The van der Waals surface area contributed by atoms with Gasteiger partial charge >= 0.3 is 26.0 Å². The van der Waals surface area contributed by atoms with Crippen LogP contribution in [0, 0.1) is 0 Å². The highest BCUT2D eigenvalue weighted by atomic mass is 35.5. The molecule has 1 saturated heterocycles. The second kappa shape index (κ2) is 18.0. The summed E-state index contributed by atoms with van der Waals surface area (Å²) in [4.78, 5) is 61.4. The molecule has 0 radical (unpaired) electrons. The number of benzene rings is 2. The van der Waals surface area contributed by atoms with Gasteiger partial charge in [0, 0.05) is 0 Å². The molecule has 4 unspecified atom stereocenters. The highest BCUT2D eigenvalue weighted by Gasteiger charge is 2.81. The Morgan fingerprint density at radius 2 is 1.70 bits per heavy atom. The number of rotatable bonds is 18. The first-order valence-electron chi connectivity index (χ1n) is 17.3. The standard InChI is InChI=1S/C35H40ClN6O13P/c1-21(2)53-32(43)22(3)41-56(46,47)52-16-25-28(55-34(45)50-17-36)35(51-20-48-14-23-10-6-4-7-11-23)27(29(35)54-25)42-19-39-26-30(37-18-38-31(26)42)40-33(44)49-15-24-12-8-5-9-13-24/h4-13,18-19,21-22,25,27-29H,14-17,20H2,1-3H3,(H2,41,46,47)(H,37,38,40,44)/t22?,25-,27-,28?,29?,35-/m1/s1. The van der Waals surface area contributed by atoms with Crippen LogP contribution in [0.15, 0.2) is 73.3 Å². The Morgan fingerprint density at radius 3 is 2.38 bits per heavy atom. The third kappa shape index (κ3) is 9.62. The molecule has 0 bridgehead atoms. The molecule has 2 aromatic heterocycles. The molecule has 19 nitrogen and oxygen atoms in total. The molecular weight excluding hydrogens is 779 g/mol. The molecule has 0 spiro atoms. The molecule has 56 heavy (non-hydrogen) atoms. The van der Waals surface area contributed by atoms with Crippen LogP contribution in [0.2, 0.25) is 0 Å². The number of hydrogen-bond donors (Lipinski definition) is 3. The smallest absolute Gasteiger partial charge is 0.462 e. The highest BCUT2D eigenvalue weighted by molar-refractivity contribution is 7.50. The number of hydrogen-bond acceptors (Lipinski definition) is 15. The molecule has 6 rings (SSSR count). The number of amides is 1. The third-order valence-corrected chi connectivity index (χ3v) is 9.98.